The highest BCUT2D eigenvalue weighted by atomic mass is 16.6. The maximum atomic E-state index is 11.7. The predicted molar refractivity (Wildman–Crippen MR) is 66.3 cm³/mol. The van der Waals surface area contributed by atoms with E-state index in [4.69, 9.17) is 5.73 Å². The molecule has 2 rings (SSSR count). The third kappa shape index (κ3) is 2.35. The van der Waals surface area contributed by atoms with Gasteiger partial charge in [-0.1, -0.05) is 0 Å². The van der Waals surface area contributed by atoms with E-state index in [0.717, 1.165) is 5.71 Å². The molecular formula is C11H12N4O3. The normalized spacial score (nSPS) is 14.8. The maximum Gasteiger partial charge on any atom is 0.269 e. The van der Waals surface area contributed by atoms with E-state index in [1.54, 1.807) is 0 Å². The molecule has 0 aliphatic carbocycles. The number of hydrogen-bond donors (Lipinski definition) is 1. The summed E-state index contributed by atoms with van der Waals surface area (Å²) in [7, 11) is 0. The van der Waals surface area contributed by atoms with Crippen LogP contribution in [0.4, 0.5) is 11.4 Å². The van der Waals surface area contributed by atoms with Crippen LogP contribution in [0.5, 0.6) is 0 Å². The van der Waals surface area contributed by atoms with E-state index < -0.39 is 4.92 Å². The third-order valence-electron chi connectivity index (χ3n) is 2.57. The van der Waals surface area contributed by atoms with Crippen molar-refractivity contribution in [1.82, 2.24) is 0 Å². The third-order valence-corrected chi connectivity index (χ3v) is 2.57. The first-order chi connectivity index (χ1) is 8.61. The van der Waals surface area contributed by atoms with Crippen LogP contribution in [0, 0.1) is 10.1 Å². The second-order valence-electron chi connectivity index (χ2n) is 3.86. The number of anilines is 1. The summed E-state index contributed by atoms with van der Waals surface area (Å²) in [6.07, 6.45) is 0.837. The first kappa shape index (κ1) is 12.2. The van der Waals surface area contributed by atoms with Crippen LogP contribution in [0.15, 0.2) is 29.4 Å². The Morgan fingerprint density at radius 1 is 1.39 bits per heavy atom. The molecule has 1 aromatic carbocycles. The Balaban J connectivity index is 2.21. The molecule has 1 aromatic rings. The summed E-state index contributed by atoms with van der Waals surface area (Å²) in [6, 6.07) is 5.70. The molecule has 1 amide bonds. The van der Waals surface area contributed by atoms with E-state index in [9.17, 15) is 14.9 Å². The summed E-state index contributed by atoms with van der Waals surface area (Å²) < 4.78 is 0. The smallest absolute Gasteiger partial charge is 0.269 e. The molecule has 1 aliphatic heterocycles. The SMILES string of the molecule is NCCC1=NN(c2ccc([N+](=O)[O-])cc2)C(=O)C1. The molecule has 0 saturated heterocycles. The fraction of sp³-hybridized carbons (Fsp3) is 0.273. The van der Waals surface area contributed by atoms with Gasteiger partial charge in [-0.3, -0.25) is 14.9 Å². The highest BCUT2D eigenvalue weighted by Crippen LogP contribution is 2.23. The molecule has 1 heterocycles. The lowest BCUT2D eigenvalue weighted by atomic mass is 10.2. The summed E-state index contributed by atoms with van der Waals surface area (Å²) in [5.41, 5.74) is 6.65. The van der Waals surface area contributed by atoms with Crippen LogP contribution in [-0.2, 0) is 4.79 Å². The minimum atomic E-state index is -0.487. The van der Waals surface area contributed by atoms with Crippen molar-refractivity contribution in [1.29, 1.82) is 0 Å². The molecule has 0 saturated carbocycles. The number of nitrogens with zero attached hydrogens (tertiary/aromatic N) is 3. The van der Waals surface area contributed by atoms with Crippen LogP contribution >= 0.6 is 0 Å². The molecule has 0 unspecified atom stereocenters. The lowest BCUT2D eigenvalue weighted by molar-refractivity contribution is -0.384. The number of nitro groups is 1. The summed E-state index contributed by atoms with van der Waals surface area (Å²) in [6.45, 7) is 0.445. The second-order valence-corrected chi connectivity index (χ2v) is 3.86. The van der Waals surface area contributed by atoms with Crippen molar-refractivity contribution in [3.05, 3.63) is 34.4 Å². The number of hydrogen-bond acceptors (Lipinski definition) is 5. The van der Waals surface area contributed by atoms with Gasteiger partial charge < -0.3 is 5.73 Å². The van der Waals surface area contributed by atoms with Crippen LogP contribution in [-0.4, -0.2) is 23.1 Å². The van der Waals surface area contributed by atoms with Crippen LogP contribution in [0.3, 0.4) is 0 Å². The first-order valence-electron chi connectivity index (χ1n) is 5.45. The summed E-state index contributed by atoms with van der Waals surface area (Å²) in [5, 5.41) is 15.9. The van der Waals surface area contributed by atoms with Crippen molar-refractivity contribution in [2.75, 3.05) is 11.6 Å². The average Bonchev–Trinajstić information content (AvgIpc) is 2.71. The summed E-state index contributed by atoms with van der Waals surface area (Å²) in [4.78, 5) is 21.7. The zero-order valence-corrected chi connectivity index (χ0v) is 9.57. The molecule has 0 atom stereocenters. The maximum absolute atomic E-state index is 11.7. The van der Waals surface area contributed by atoms with Gasteiger partial charge in [0.25, 0.3) is 11.6 Å². The number of nitrogens with two attached hydrogens (primary N) is 1. The van der Waals surface area contributed by atoms with Crippen LogP contribution in [0.1, 0.15) is 12.8 Å². The number of nitro benzene ring substituents is 1. The molecule has 0 radical (unpaired) electrons. The highest BCUT2D eigenvalue weighted by Gasteiger charge is 2.24. The Kier molecular flexibility index (Phi) is 3.33. The van der Waals surface area contributed by atoms with E-state index in [2.05, 4.69) is 5.10 Å². The fourth-order valence-corrected chi connectivity index (χ4v) is 1.70. The largest absolute Gasteiger partial charge is 0.330 e. The van der Waals surface area contributed by atoms with Crippen molar-refractivity contribution in [2.45, 2.75) is 12.8 Å². The zero-order chi connectivity index (χ0) is 13.1. The molecule has 0 fully saturated rings. The Morgan fingerprint density at radius 3 is 2.61 bits per heavy atom. The molecule has 18 heavy (non-hydrogen) atoms. The first-order valence-corrected chi connectivity index (χ1v) is 5.45. The summed E-state index contributed by atoms with van der Waals surface area (Å²) in [5.74, 6) is -0.146. The van der Waals surface area contributed by atoms with Crippen LogP contribution in [0.2, 0.25) is 0 Å². The van der Waals surface area contributed by atoms with Crippen LogP contribution < -0.4 is 10.7 Å². The van der Waals surface area contributed by atoms with Crippen molar-refractivity contribution in [3.63, 3.8) is 0 Å². The van der Waals surface area contributed by atoms with E-state index in [1.807, 2.05) is 0 Å². The summed E-state index contributed by atoms with van der Waals surface area (Å²) >= 11 is 0. The number of rotatable bonds is 4. The quantitative estimate of drug-likeness (QED) is 0.635. The Labute approximate surface area is 103 Å². The minimum absolute atomic E-state index is 0.0171. The Bertz CT molecular complexity index is 510. The topological polar surface area (TPSA) is 102 Å². The lowest BCUT2D eigenvalue weighted by Crippen LogP contribution is -2.19. The number of hydrazone groups is 1. The molecular weight excluding hydrogens is 236 g/mol. The van der Waals surface area contributed by atoms with Gasteiger partial charge in [0, 0.05) is 24.3 Å². The molecule has 0 aromatic heterocycles. The predicted octanol–water partition coefficient (Wildman–Crippen LogP) is 1.04. The molecule has 0 bridgehead atoms. The van der Waals surface area contributed by atoms with Gasteiger partial charge in [-0.15, -0.1) is 0 Å². The van der Waals surface area contributed by atoms with Gasteiger partial charge in [0.2, 0.25) is 0 Å². The Morgan fingerprint density at radius 2 is 2.06 bits per heavy atom. The van der Waals surface area contributed by atoms with Gasteiger partial charge in [-0.2, -0.15) is 5.10 Å². The number of carbonyl (C=O) groups is 1. The Hall–Kier alpha value is -2.28. The van der Waals surface area contributed by atoms with E-state index in [0.29, 0.717) is 18.7 Å². The van der Waals surface area contributed by atoms with Gasteiger partial charge >= 0.3 is 0 Å². The molecule has 94 valence electrons. The monoisotopic (exact) mass is 248 g/mol. The lowest BCUT2D eigenvalue weighted by Gasteiger charge is -2.10. The van der Waals surface area contributed by atoms with Crippen molar-refractivity contribution in [3.8, 4) is 0 Å². The minimum Gasteiger partial charge on any atom is -0.330 e. The van der Waals surface area contributed by atoms with E-state index >= 15 is 0 Å². The highest BCUT2D eigenvalue weighted by molar-refractivity contribution is 6.13. The van der Waals surface area contributed by atoms with Crippen molar-refractivity contribution in [2.24, 2.45) is 10.8 Å². The fourth-order valence-electron chi connectivity index (χ4n) is 1.70. The van der Waals surface area contributed by atoms with E-state index in [-0.39, 0.29) is 18.0 Å². The van der Waals surface area contributed by atoms with Gasteiger partial charge in [-0.25, -0.2) is 5.01 Å². The van der Waals surface area contributed by atoms with Gasteiger partial charge in [-0.05, 0) is 18.7 Å². The molecule has 2 N–H and O–H groups in total. The standard InChI is InChI=1S/C11H12N4O3/c12-6-5-8-7-11(16)14(13-8)9-1-3-10(4-2-9)15(17)18/h1-4H,5-7,12H2. The average molecular weight is 248 g/mol. The zero-order valence-electron chi connectivity index (χ0n) is 9.57. The number of carbonyl (C=O) groups excluding carboxylic acids is 1. The second kappa shape index (κ2) is 4.92. The molecule has 7 heteroatoms. The van der Waals surface area contributed by atoms with Gasteiger partial charge in [0.05, 0.1) is 17.0 Å². The van der Waals surface area contributed by atoms with Crippen molar-refractivity contribution < 1.29 is 9.72 Å². The number of amides is 1. The van der Waals surface area contributed by atoms with E-state index in [1.165, 1.54) is 29.3 Å². The molecule has 7 nitrogen and oxygen atoms in total. The molecule has 1 aliphatic rings. The van der Waals surface area contributed by atoms with Gasteiger partial charge in [0.15, 0.2) is 0 Å². The van der Waals surface area contributed by atoms with Gasteiger partial charge in [0.1, 0.15) is 0 Å². The van der Waals surface area contributed by atoms with Crippen LogP contribution in [0.25, 0.3) is 0 Å². The number of benzene rings is 1. The molecule has 0 spiro atoms. The van der Waals surface area contributed by atoms with Crippen molar-refractivity contribution >= 4 is 23.0 Å². The number of non-ortho nitro benzene ring substituents is 1.